The van der Waals surface area contributed by atoms with E-state index in [1.54, 1.807) is 22.9 Å². The number of alkyl halides is 3. The van der Waals surface area contributed by atoms with Gasteiger partial charge in [0.15, 0.2) is 5.60 Å². The number of hydrogen-bond acceptors (Lipinski definition) is 2. The molecule has 1 heterocycles. The van der Waals surface area contributed by atoms with Crippen LogP contribution in [-0.2, 0) is 0 Å². The Labute approximate surface area is 82.2 Å². The Bertz CT molecular complexity index is 175. The van der Waals surface area contributed by atoms with Crippen LogP contribution in [-0.4, -0.2) is 33.1 Å². The van der Waals surface area contributed by atoms with Crippen molar-refractivity contribution in [3.8, 4) is 0 Å². The Hall–Kier alpha value is 0.440. The summed E-state index contributed by atoms with van der Waals surface area (Å²) in [6, 6.07) is 0. The number of β-amino-alcohol motifs (C(OH)–C–C–N with tert-alkyl or cyclic N) is 1. The lowest BCUT2D eigenvalue weighted by molar-refractivity contribution is -0.268. The summed E-state index contributed by atoms with van der Waals surface area (Å²) in [7, 11) is 0. The van der Waals surface area contributed by atoms with Crippen molar-refractivity contribution >= 4 is 22.9 Å². The zero-order valence-electron chi connectivity index (χ0n) is 6.23. The lowest BCUT2D eigenvalue weighted by Gasteiger charge is -2.37. The van der Waals surface area contributed by atoms with E-state index in [4.69, 9.17) is 0 Å². The second kappa shape index (κ2) is 3.30. The molecule has 1 aliphatic heterocycles. The highest BCUT2D eigenvalue weighted by Crippen LogP contribution is 2.37. The van der Waals surface area contributed by atoms with Gasteiger partial charge in [0, 0.05) is 36.0 Å². The summed E-state index contributed by atoms with van der Waals surface area (Å²) in [5.41, 5.74) is -2.49. The maximum atomic E-state index is 12.2. The molecule has 0 aromatic rings. The van der Waals surface area contributed by atoms with Crippen molar-refractivity contribution in [1.82, 2.24) is 3.11 Å². The van der Waals surface area contributed by atoms with Crippen LogP contribution in [0.15, 0.2) is 0 Å². The molecule has 0 aromatic heterocycles. The molecule has 1 rings (SSSR count). The molecule has 1 N–H and O–H groups in total. The largest absolute Gasteiger partial charge is 0.418 e. The summed E-state index contributed by atoms with van der Waals surface area (Å²) in [5, 5.41) is 9.21. The molecule has 6 heteroatoms. The van der Waals surface area contributed by atoms with Gasteiger partial charge in [-0.25, -0.2) is 3.11 Å². The number of rotatable bonds is 0. The van der Waals surface area contributed by atoms with Crippen LogP contribution in [0.2, 0.25) is 0 Å². The maximum absolute atomic E-state index is 12.2. The van der Waals surface area contributed by atoms with Crippen LogP contribution in [0.25, 0.3) is 0 Å². The lowest BCUT2D eigenvalue weighted by atomic mass is 9.94. The normalized spacial score (nSPS) is 33.8. The van der Waals surface area contributed by atoms with E-state index in [0.29, 0.717) is 13.0 Å². The molecule has 0 bridgehead atoms. The third-order valence-electron chi connectivity index (χ3n) is 1.95. The van der Waals surface area contributed by atoms with Crippen LogP contribution in [0, 0.1) is 0 Å². The number of piperidine rings is 1. The Balaban J connectivity index is 2.70. The molecule has 0 amide bonds. The third kappa shape index (κ3) is 2.02. The molecule has 12 heavy (non-hydrogen) atoms. The fraction of sp³-hybridized carbons (Fsp3) is 1.00. The zero-order valence-corrected chi connectivity index (χ0v) is 8.39. The van der Waals surface area contributed by atoms with Crippen LogP contribution in [0.3, 0.4) is 0 Å². The van der Waals surface area contributed by atoms with E-state index >= 15 is 0 Å². The minimum atomic E-state index is -4.50. The number of aliphatic hydroxyl groups is 1. The van der Waals surface area contributed by atoms with Crippen LogP contribution in [0.1, 0.15) is 12.8 Å². The Morgan fingerprint density at radius 1 is 1.42 bits per heavy atom. The molecular formula is C6H9F3INO. The first kappa shape index (κ1) is 10.5. The Morgan fingerprint density at radius 3 is 2.33 bits per heavy atom. The van der Waals surface area contributed by atoms with E-state index < -0.39 is 11.8 Å². The van der Waals surface area contributed by atoms with Crippen molar-refractivity contribution in [1.29, 1.82) is 0 Å². The fourth-order valence-corrected chi connectivity index (χ4v) is 2.12. The van der Waals surface area contributed by atoms with Gasteiger partial charge < -0.3 is 5.11 Å². The van der Waals surface area contributed by atoms with Crippen LogP contribution >= 0.6 is 22.9 Å². The first-order valence-electron chi connectivity index (χ1n) is 3.55. The molecule has 1 atom stereocenters. The maximum Gasteiger partial charge on any atom is 0.418 e. The molecule has 0 saturated carbocycles. The smallest absolute Gasteiger partial charge is 0.379 e. The molecule has 0 aliphatic carbocycles. The van der Waals surface area contributed by atoms with Crippen LogP contribution in [0.4, 0.5) is 13.2 Å². The van der Waals surface area contributed by atoms with Crippen molar-refractivity contribution in [3.63, 3.8) is 0 Å². The van der Waals surface area contributed by atoms with Gasteiger partial charge in [-0.1, -0.05) is 0 Å². The first-order chi connectivity index (χ1) is 5.35. The summed E-state index contributed by atoms with van der Waals surface area (Å²) in [4.78, 5) is 0. The number of halogens is 4. The molecule has 1 unspecified atom stereocenters. The number of hydrogen-bond donors (Lipinski definition) is 1. The van der Waals surface area contributed by atoms with Gasteiger partial charge in [-0.05, 0) is 12.8 Å². The number of nitrogens with zero attached hydrogens (tertiary/aromatic N) is 1. The average Bonchev–Trinajstić information content (AvgIpc) is 1.83. The highest BCUT2D eigenvalue weighted by Gasteiger charge is 2.55. The second-order valence-electron chi connectivity index (χ2n) is 2.98. The van der Waals surface area contributed by atoms with E-state index in [-0.39, 0.29) is 13.0 Å². The summed E-state index contributed by atoms with van der Waals surface area (Å²) < 4.78 is 38.1. The van der Waals surface area contributed by atoms with Gasteiger partial charge in [0.25, 0.3) is 0 Å². The first-order valence-corrected chi connectivity index (χ1v) is 4.51. The van der Waals surface area contributed by atoms with Gasteiger partial charge >= 0.3 is 6.18 Å². The standard InChI is InChI=1S/C6H9F3INO/c7-6(8,9)5(12)2-1-3-11(10)4-5/h12H,1-4H2. The SMILES string of the molecule is OC1(C(F)(F)F)CCCN(I)C1. The highest BCUT2D eigenvalue weighted by atomic mass is 127. The molecule has 0 spiro atoms. The van der Waals surface area contributed by atoms with E-state index in [1.807, 2.05) is 0 Å². The average molecular weight is 295 g/mol. The summed E-state index contributed by atoms with van der Waals surface area (Å²) in [6.45, 7) is 0.288. The van der Waals surface area contributed by atoms with Crippen molar-refractivity contribution in [2.75, 3.05) is 13.1 Å². The third-order valence-corrected chi connectivity index (χ3v) is 2.78. The van der Waals surface area contributed by atoms with Gasteiger partial charge in [-0.3, -0.25) is 0 Å². The second-order valence-corrected chi connectivity index (χ2v) is 4.34. The van der Waals surface area contributed by atoms with E-state index in [1.165, 1.54) is 3.11 Å². The van der Waals surface area contributed by atoms with E-state index in [9.17, 15) is 18.3 Å². The molecule has 72 valence electrons. The predicted molar refractivity (Wildman–Crippen MR) is 45.8 cm³/mol. The topological polar surface area (TPSA) is 23.5 Å². The molecule has 0 aromatic carbocycles. The molecule has 0 radical (unpaired) electrons. The summed E-state index contributed by atoms with van der Waals surface area (Å²) in [6.07, 6.45) is -4.30. The van der Waals surface area contributed by atoms with Gasteiger partial charge in [0.05, 0.1) is 0 Å². The van der Waals surface area contributed by atoms with E-state index in [2.05, 4.69) is 0 Å². The molecule has 1 saturated heterocycles. The minimum Gasteiger partial charge on any atom is -0.379 e. The van der Waals surface area contributed by atoms with Crippen LogP contribution < -0.4 is 0 Å². The zero-order chi connectivity index (χ0) is 9.41. The monoisotopic (exact) mass is 295 g/mol. The molecule has 1 fully saturated rings. The van der Waals surface area contributed by atoms with Crippen molar-refractivity contribution in [2.24, 2.45) is 0 Å². The summed E-state index contributed by atoms with van der Waals surface area (Å²) in [5.74, 6) is 0. The molecule has 2 nitrogen and oxygen atoms in total. The van der Waals surface area contributed by atoms with Gasteiger partial charge in [-0.15, -0.1) is 0 Å². The van der Waals surface area contributed by atoms with Gasteiger partial charge in [-0.2, -0.15) is 13.2 Å². The quantitative estimate of drug-likeness (QED) is 0.543. The Morgan fingerprint density at radius 2 is 2.00 bits per heavy atom. The Kier molecular flexibility index (Phi) is 2.89. The van der Waals surface area contributed by atoms with Crippen molar-refractivity contribution in [3.05, 3.63) is 0 Å². The molecular weight excluding hydrogens is 286 g/mol. The van der Waals surface area contributed by atoms with Crippen molar-refractivity contribution < 1.29 is 18.3 Å². The fourth-order valence-electron chi connectivity index (χ4n) is 1.22. The van der Waals surface area contributed by atoms with Crippen molar-refractivity contribution in [2.45, 2.75) is 24.6 Å². The van der Waals surface area contributed by atoms with E-state index in [0.717, 1.165) is 0 Å². The minimum absolute atomic E-state index is 0.185. The van der Waals surface area contributed by atoms with Crippen LogP contribution in [0.5, 0.6) is 0 Å². The molecule has 1 aliphatic rings. The lowest BCUT2D eigenvalue weighted by Crippen LogP contribution is -2.54. The predicted octanol–water partition coefficient (Wildman–Crippen LogP) is 1.73. The van der Waals surface area contributed by atoms with Gasteiger partial charge in [0.1, 0.15) is 0 Å². The highest BCUT2D eigenvalue weighted by molar-refractivity contribution is 14.1. The summed E-state index contributed by atoms with van der Waals surface area (Å²) >= 11 is 1.80. The van der Waals surface area contributed by atoms with Gasteiger partial charge in [0.2, 0.25) is 0 Å².